The van der Waals surface area contributed by atoms with Crippen molar-refractivity contribution in [2.75, 3.05) is 5.73 Å². The maximum atomic E-state index is 15.3. The third-order valence-corrected chi connectivity index (χ3v) is 5.75. The third-order valence-electron chi connectivity index (χ3n) is 4.99. The van der Waals surface area contributed by atoms with Crippen LogP contribution in [0, 0.1) is 5.82 Å². The Morgan fingerprint density at radius 3 is 2.53 bits per heavy atom. The summed E-state index contributed by atoms with van der Waals surface area (Å²) in [6.45, 7) is 5.63. The molecule has 0 bridgehead atoms. The van der Waals surface area contributed by atoms with E-state index < -0.39 is 5.82 Å². The number of anilines is 1. The summed E-state index contributed by atoms with van der Waals surface area (Å²) in [6.07, 6.45) is 4.52. The largest absolute Gasteiger partial charge is 0.490 e. The van der Waals surface area contributed by atoms with E-state index in [9.17, 15) is 0 Å². The summed E-state index contributed by atoms with van der Waals surface area (Å²) < 4.78 is 23.2. The first-order valence-electron chi connectivity index (χ1n) is 9.77. The van der Waals surface area contributed by atoms with Crippen molar-refractivity contribution in [2.24, 2.45) is 0 Å². The lowest BCUT2D eigenvalue weighted by molar-refractivity contribution is 0.239. The molecule has 3 heterocycles. The van der Waals surface area contributed by atoms with Crippen LogP contribution in [0.3, 0.4) is 0 Å². The maximum Gasteiger partial charge on any atom is 0.158 e. The van der Waals surface area contributed by atoms with Crippen molar-refractivity contribution in [1.29, 1.82) is 0 Å². The van der Waals surface area contributed by atoms with E-state index in [0.29, 0.717) is 33.4 Å². The second-order valence-electron chi connectivity index (χ2n) is 7.52. The average molecular weight is 495 g/mol. The minimum absolute atomic E-state index is 0.0546. The molecule has 32 heavy (non-hydrogen) atoms. The SMILES string of the molecule is CC(C)Oc1c(C(C)c2nc(Cl)c3c(N)nccn23)cc(Cl)c(F)c1-c1ccc(Cl)nc1. The minimum atomic E-state index is -0.609. The van der Waals surface area contributed by atoms with Crippen molar-refractivity contribution < 1.29 is 9.13 Å². The highest BCUT2D eigenvalue weighted by Gasteiger charge is 2.28. The van der Waals surface area contributed by atoms with Gasteiger partial charge in [-0.2, -0.15) is 0 Å². The molecule has 0 saturated heterocycles. The summed E-state index contributed by atoms with van der Waals surface area (Å²) in [6, 6.07) is 4.79. The fraction of sp³-hybridized carbons (Fsp3) is 0.227. The number of aromatic nitrogens is 4. The van der Waals surface area contributed by atoms with E-state index in [4.69, 9.17) is 45.3 Å². The number of rotatable bonds is 5. The van der Waals surface area contributed by atoms with Gasteiger partial charge in [0.15, 0.2) is 16.8 Å². The normalized spacial score (nSPS) is 12.5. The van der Waals surface area contributed by atoms with E-state index in [2.05, 4.69) is 15.0 Å². The van der Waals surface area contributed by atoms with Crippen LogP contribution in [-0.4, -0.2) is 25.5 Å². The van der Waals surface area contributed by atoms with Gasteiger partial charge >= 0.3 is 0 Å². The van der Waals surface area contributed by atoms with Gasteiger partial charge in [-0.05, 0) is 32.0 Å². The van der Waals surface area contributed by atoms with E-state index in [1.54, 1.807) is 35.0 Å². The fourth-order valence-corrected chi connectivity index (χ4v) is 4.18. The molecule has 4 rings (SSSR count). The number of benzene rings is 1. The van der Waals surface area contributed by atoms with Gasteiger partial charge in [-0.15, -0.1) is 0 Å². The van der Waals surface area contributed by atoms with Gasteiger partial charge in [-0.1, -0.05) is 41.7 Å². The molecule has 1 atom stereocenters. The number of imidazole rings is 1. The van der Waals surface area contributed by atoms with E-state index in [0.717, 1.165) is 0 Å². The number of ether oxygens (including phenoxy) is 1. The molecule has 2 N–H and O–H groups in total. The van der Waals surface area contributed by atoms with Crippen LogP contribution in [0.15, 0.2) is 36.8 Å². The Morgan fingerprint density at radius 2 is 1.88 bits per heavy atom. The maximum absolute atomic E-state index is 15.3. The Hall–Kier alpha value is -2.61. The van der Waals surface area contributed by atoms with Crippen molar-refractivity contribution in [3.8, 4) is 16.9 Å². The van der Waals surface area contributed by atoms with Crippen molar-refractivity contribution >= 4 is 46.1 Å². The molecule has 166 valence electrons. The highest BCUT2D eigenvalue weighted by atomic mass is 35.5. The zero-order chi connectivity index (χ0) is 23.2. The van der Waals surface area contributed by atoms with Gasteiger partial charge in [0.2, 0.25) is 0 Å². The molecule has 0 radical (unpaired) electrons. The molecular weight excluding hydrogens is 476 g/mol. The van der Waals surface area contributed by atoms with Crippen molar-refractivity contribution in [1.82, 2.24) is 19.4 Å². The molecular formula is C22H19Cl3FN5O. The summed E-state index contributed by atoms with van der Waals surface area (Å²) in [5.74, 6) is 0.181. The lowest BCUT2D eigenvalue weighted by Gasteiger charge is -2.23. The molecule has 10 heteroatoms. The molecule has 0 saturated carbocycles. The number of hydrogen-bond acceptors (Lipinski definition) is 5. The molecule has 0 aliphatic carbocycles. The summed E-state index contributed by atoms with van der Waals surface area (Å²) >= 11 is 18.6. The minimum Gasteiger partial charge on any atom is -0.490 e. The van der Waals surface area contributed by atoms with Crippen LogP contribution in [0.25, 0.3) is 16.6 Å². The summed E-state index contributed by atoms with van der Waals surface area (Å²) in [5, 5.41) is 0.459. The number of halogens is 4. The van der Waals surface area contributed by atoms with Crippen LogP contribution in [0.2, 0.25) is 15.3 Å². The van der Waals surface area contributed by atoms with Crippen LogP contribution in [0.5, 0.6) is 5.75 Å². The highest BCUT2D eigenvalue weighted by molar-refractivity contribution is 6.33. The quantitative estimate of drug-likeness (QED) is 0.324. The van der Waals surface area contributed by atoms with Gasteiger partial charge in [0.25, 0.3) is 0 Å². The zero-order valence-corrected chi connectivity index (χ0v) is 19.7. The Balaban J connectivity index is 1.98. The molecule has 0 aliphatic rings. The molecule has 3 aromatic heterocycles. The first kappa shape index (κ1) is 22.6. The summed E-state index contributed by atoms with van der Waals surface area (Å²) in [5.41, 5.74) is 7.81. The van der Waals surface area contributed by atoms with Crippen LogP contribution in [0.4, 0.5) is 10.2 Å². The molecule has 0 amide bonds. The van der Waals surface area contributed by atoms with Gasteiger partial charge in [-0.3, -0.25) is 4.40 Å². The monoisotopic (exact) mass is 493 g/mol. The van der Waals surface area contributed by atoms with Gasteiger partial charge in [0, 0.05) is 35.6 Å². The molecule has 1 aromatic carbocycles. The lowest BCUT2D eigenvalue weighted by Crippen LogP contribution is -2.13. The van der Waals surface area contributed by atoms with Gasteiger partial charge in [0.1, 0.15) is 22.2 Å². The van der Waals surface area contributed by atoms with Crippen LogP contribution in [0.1, 0.15) is 38.1 Å². The Kier molecular flexibility index (Phi) is 6.16. The number of nitrogens with zero attached hydrogens (tertiary/aromatic N) is 4. The lowest BCUT2D eigenvalue weighted by atomic mass is 9.93. The van der Waals surface area contributed by atoms with Gasteiger partial charge < -0.3 is 10.5 Å². The first-order chi connectivity index (χ1) is 15.2. The van der Waals surface area contributed by atoms with E-state index in [1.807, 2.05) is 20.8 Å². The molecule has 6 nitrogen and oxygen atoms in total. The fourth-order valence-electron chi connectivity index (χ4n) is 3.58. The predicted octanol–water partition coefficient (Wildman–Crippen LogP) is 6.41. The van der Waals surface area contributed by atoms with E-state index in [-0.39, 0.29) is 33.6 Å². The second-order valence-corrected chi connectivity index (χ2v) is 8.67. The number of fused-ring (bicyclic) bond motifs is 1. The average Bonchev–Trinajstić information content (AvgIpc) is 3.09. The number of nitrogen functional groups attached to an aromatic ring is 1. The molecule has 1 unspecified atom stereocenters. The summed E-state index contributed by atoms with van der Waals surface area (Å²) in [7, 11) is 0. The molecule has 0 spiro atoms. The number of nitrogens with two attached hydrogens (primary N) is 1. The van der Waals surface area contributed by atoms with Crippen molar-refractivity contribution in [3.63, 3.8) is 0 Å². The summed E-state index contributed by atoms with van der Waals surface area (Å²) in [4.78, 5) is 12.7. The van der Waals surface area contributed by atoms with Crippen molar-refractivity contribution in [2.45, 2.75) is 32.8 Å². The Morgan fingerprint density at radius 1 is 1.12 bits per heavy atom. The highest BCUT2D eigenvalue weighted by Crippen LogP contribution is 2.44. The van der Waals surface area contributed by atoms with Crippen LogP contribution >= 0.6 is 34.8 Å². The molecule has 0 aliphatic heterocycles. The number of hydrogen-bond donors (Lipinski definition) is 1. The Labute approximate surface area is 199 Å². The van der Waals surface area contributed by atoms with Crippen molar-refractivity contribution in [3.05, 3.63) is 69.3 Å². The van der Waals surface area contributed by atoms with Crippen LogP contribution in [-0.2, 0) is 0 Å². The predicted molar refractivity (Wildman–Crippen MR) is 125 cm³/mol. The van der Waals surface area contributed by atoms with Crippen LogP contribution < -0.4 is 10.5 Å². The Bertz CT molecular complexity index is 1310. The van der Waals surface area contributed by atoms with Gasteiger partial charge in [0.05, 0.1) is 16.7 Å². The smallest absolute Gasteiger partial charge is 0.158 e. The van der Waals surface area contributed by atoms with Gasteiger partial charge in [-0.25, -0.2) is 19.3 Å². The topological polar surface area (TPSA) is 78.3 Å². The molecule has 4 aromatic rings. The first-order valence-corrected chi connectivity index (χ1v) is 10.9. The third kappa shape index (κ3) is 3.96. The standard InChI is InChI=1S/C22H19Cl3FN5O/c1-10(2)32-19-13(8-14(23)17(26)16(19)12-4-5-15(24)29-9-12)11(3)22-30-20(25)18-21(27)28-6-7-31(18)22/h4-11H,1-3H3,(H2,27,28). The number of pyridine rings is 1. The molecule has 0 fully saturated rings. The van der Waals surface area contributed by atoms with E-state index >= 15 is 4.39 Å². The zero-order valence-electron chi connectivity index (χ0n) is 17.4. The van der Waals surface area contributed by atoms with E-state index in [1.165, 1.54) is 6.20 Å². The second kappa shape index (κ2) is 8.73.